The molecule has 0 atom stereocenters. The quantitative estimate of drug-likeness (QED) is 0.661. The fraction of sp³-hybridized carbons (Fsp3) is 0.435. The van der Waals surface area contributed by atoms with Crippen molar-refractivity contribution in [2.24, 2.45) is 0 Å². The van der Waals surface area contributed by atoms with Crippen LogP contribution in [0.1, 0.15) is 43.7 Å². The highest BCUT2D eigenvalue weighted by molar-refractivity contribution is 7.92. The monoisotopic (exact) mass is 446 g/mol. The summed E-state index contributed by atoms with van der Waals surface area (Å²) in [4.78, 5) is 12.6. The Morgan fingerprint density at radius 3 is 2.52 bits per heavy atom. The number of carbonyl (C=O) groups excluding carboxylic acids is 1. The molecule has 1 heterocycles. The maximum Gasteiger partial charge on any atom is 0.232 e. The third-order valence-electron chi connectivity index (χ3n) is 5.17. The van der Waals surface area contributed by atoms with Gasteiger partial charge < -0.3 is 14.8 Å². The Bertz CT molecular complexity index is 1050. The van der Waals surface area contributed by atoms with Crippen LogP contribution in [0, 0.1) is 6.92 Å². The minimum Gasteiger partial charge on any atom is -0.486 e. The first-order valence-electron chi connectivity index (χ1n) is 10.4. The topological polar surface area (TPSA) is 84.9 Å². The Balaban J connectivity index is 1.67. The van der Waals surface area contributed by atoms with Crippen LogP contribution >= 0.6 is 0 Å². The molecule has 168 valence electrons. The van der Waals surface area contributed by atoms with Gasteiger partial charge in [0.2, 0.25) is 15.9 Å². The molecule has 1 N–H and O–H groups in total. The molecule has 31 heavy (non-hydrogen) atoms. The predicted octanol–water partition coefficient (Wildman–Crippen LogP) is 4.07. The number of rotatable bonds is 8. The minimum atomic E-state index is -3.52. The number of nitrogens with one attached hydrogen (secondary N) is 1. The summed E-state index contributed by atoms with van der Waals surface area (Å²) < 4.78 is 37.1. The standard InChI is InChI=1S/C23H30N2O5S/c1-16(2)19-8-5-7-17(3)23(19)24-22(26)9-6-12-25(31(4,27)28)18-10-11-20-21(15-18)30-14-13-29-20/h5,7-8,10-11,15-16H,6,9,12-14H2,1-4H3,(H,24,26). The van der Waals surface area contributed by atoms with Crippen LogP contribution in [0.5, 0.6) is 11.5 Å². The van der Waals surface area contributed by atoms with E-state index in [2.05, 4.69) is 19.2 Å². The maximum absolute atomic E-state index is 12.6. The van der Waals surface area contributed by atoms with Crippen molar-refractivity contribution in [3.05, 3.63) is 47.5 Å². The lowest BCUT2D eigenvalue weighted by Gasteiger charge is -2.25. The zero-order valence-corrected chi connectivity index (χ0v) is 19.3. The molecule has 0 aromatic heterocycles. The van der Waals surface area contributed by atoms with Gasteiger partial charge in [-0.1, -0.05) is 32.0 Å². The smallest absolute Gasteiger partial charge is 0.232 e. The van der Waals surface area contributed by atoms with E-state index in [-0.39, 0.29) is 24.8 Å². The number of nitrogens with zero attached hydrogens (tertiary/aromatic N) is 1. The summed E-state index contributed by atoms with van der Waals surface area (Å²) in [5.41, 5.74) is 3.43. The Kier molecular flexibility index (Phi) is 7.10. The van der Waals surface area contributed by atoms with E-state index in [1.165, 1.54) is 4.31 Å². The number of aryl methyl sites for hydroxylation is 1. The zero-order chi connectivity index (χ0) is 22.6. The first-order chi connectivity index (χ1) is 14.7. The summed E-state index contributed by atoms with van der Waals surface area (Å²) in [5.74, 6) is 1.27. The molecule has 0 radical (unpaired) electrons. The van der Waals surface area contributed by atoms with Crippen LogP contribution in [0.25, 0.3) is 0 Å². The Morgan fingerprint density at radius 2 is 1.84 bits per heavy atom. The van der Waals surface area contributed by atoms with Gasteiger partial charge in [-0.15, -0.1) is 0 Å². The summed E-state index contributed by atoms with van der Waals surface area (Å²) in [6, 6.07) is 11.0. The predicted molar refractivity (Wildman–Crippen MR) is 123 cm³/mol. The van der Waals surface area contributed by atoms with Gasteiger partial charge in [-0.3, -0.25) is 9.10 Å². The lowest BCUT2D eigenvalue weighted by molar-refractivity contribution is -0.116. The second kappa shape index (κ2) is 9.60. The lowest BCUT2D eigenvalue weighted by atomic mass is 9.98. The van der Waals surface area contributed by atoms with E-state index < -0.39 is 10.0 Å². The number of para-hydroxylation sites is 1. The highest BCUT2D eigenvalue weighted by atomic mass is 32.2. The number of ether oxygens (including phenoxy) is 2. The highest BCUT2D eigenvalue weighted by Gasteiger charge is 2.21. The Labute approximate surface area is 184 Å². The van der Waals surface area contributed by atoms with Gasteiger partial charge in [0, 0.05) is 24.7 Å². The van der Waals surface area contributed by atoms with E-state index in [1.807, 2.05) is 25.1 Å². The summed E-state index contributed by atoms with van der Waals surface area (Å²) in [6.07, 6.45) is 1.75. The number of anilines is 2. The number of hydrogen-bond acceptors (Lipinski definition) is 5. The van der Waals surface area contributed by atoms with E-state index in [0.29, 0.717) is 36.8 Å². The van der Waals surface area contributed by atoms with E-state index in [1.54, 1.807) is 18.2 Å². The number of sulfonamides is 1. The molecule has 7 nitrogen and oxygen atoms in total. The molecule has 8 heteroatoms. The number of amides is 1. The molecule has 2 aromatic rings. The minimum absolute atomic E-state index is 0.133. The Hall–Kier alpha value is -2.74. The van der Waals surface area contributed by atoms with Crippen molar-refractivity contribution in [3.63, 3.8) is 0 Å². The van der Waals surface area contributed by atoms with Crippen LogP contribution in [-0.2, 0) is 14.8 Å². The first kappa shape index (κ1) is 22.9. The molecular weight excluding hydrogens is 416 g/mol. The SMILES string of the molecule is Cc1cccc(C(C)C)c1NC(=O)CCCN(c1ccc2c(c1)OCCO2)S(C)(=O)=O. The molecule has 1 aliphatic rings. The highest BCUT2D eigenvalue weighted by Crippen LogP contribution is 2.35. The lowest BCUT2D eigenvalue weighted by Crippen LogP contribution is -2.31. The molecule has 2 aromatic carbocycles. The molecule has 0 saturated carbocycles. The van der Waals surface area contributed by atoms with Crippen molar-refractivity contribution in [3.8, 4) is 11.5 Å². The summed E-state index contributed by atoms with van der Waals surface area (Å²) in [5, 5.41) is 3.01. The zero-order valence-electron chi connectivity index (χ0n) is 18.5. The van der Waals surface area contributed by atoms with Crippen molar-refractivity contribution in [1.82, 2.24) is 0 Å². The number of hydrogen-bond donors (Lipinski definition) is 1. The van der Waals surface area contributed by atoms with Gasteiger partial charge in [0.05, 0.1) is 11.9 Å². The van der Waals surface area contributed by atoms with Gasteiger partial charge in [0.15, 0.2) is 11.5 Å². The fourth-order valence-corrected chi connectivity index (χ4v) is 4.56. The van der Waals surface area contributed by atoms with E-state index in [0.717, 1.165) is 23.1 Å². The molecule has 0 saturated heterocycles. The molecule has 3 rings (SSSR count). The van der Waals surface area contributed by atoms with Crippen LogP contribution in [0.3, 0.4) is 0 Å². The third kappa shape index (κ3) is 5.70. The number of fused-ring (bicyclic) bond motifs is 1. The van der Waals surface area contributed by atoms with Gasteiger partial charge in [0.25, 0.3) is 0 Å². The molecule has 0 fully saturated rings. The maximum atomic E-state index is 12.6. The summed E-state index contributed by atoms with van der Waals surface area (Å²) in [7, 11) is -3.52. The van der Waals surface area contributed by atoms with Gasteiger partial charge >= 0.3 is 0 Å². The number of carbonyl (C=O) groups is 1. The van der Waals surface area contributed by atoms with E-state index in [4.69, 9.17) is 9.47 Å². The molecular formula is C23H30N2O5S. The van der Waals surface area contributed by atoms with Gasteiger partial charge in [-0.2, -0.15) is 0 Å². The van der Waals surface area contributed by atoms with E-state index in [9.17, 15) is 13.2 Å². The first-order valence-corrected chi connectivity index (χ1v) is 12.3. The van der Waals surface area contributed by atoms with Crippen molar-refractivity contribution in [2.75, 3.05) is 35.6 Å². The Morgan fingerprint density at radius 1 is 1.13 bits per heavy atom. The summed E-state index contributed by atoms with van der Waals surface area (Å²) in [6.45, 7) is 7.22. The largest absolute Gasteiger partial charge is 0.486 e. The molecule has 0 bridgehead atoms. The van der Waals surface area contributed by atoms with Gasteiger partial charge in [-0.25, -0.2) is 8.42 Å². The van der Waals surface area contributed by atoms with Gasteiger partial charge in [0.1, 0.15) is 13.2 Å². The van der Waals surface area contributed by atoms with Crippen molar-refractivity contribution in [1.29, 1.82) is 0 Å². The normalized spacial score (nSPS) is 13.2. The van der Waals surface area contributed by atoms with Crippen LogP contribution in [0.2, 0.25) is 0 Å². The van der Waals surface area contributed by atoms with Gasteiger partial charge in [-0.05, 0) is 42.5 Å². The average molecular weight is 447 g/mol. The average Bonchev–Trinajstić information content (AvgIpc) is 2.71. The molecule has 0 aliphatic carbocycles. The molecule has 0 spiro atoms. The van der Waals surface area contributed by atoms with Crippen LogP contribution in [-0.4, -0.2) is 40.3 Å². The van der Waals surface area contributed by atoms with Crippen molar-refractivity contribution in [2.45, 2.75) is 39.5 Å². The third-order valence-corrected chi connectivity index (χ3v) is 6.36. The molecule has 0 unspecified atom stereocenters. The van der Waals surface area contributed by atoms with Crippen LogP contribution < -0.4 is 19.1 Å². The van der Waals surface area contributed by atoms with Crippen LogP contribution in [0.15, 0.2) is 36.4 Å². The van der Waals surface area contributed by atoms with Crippen molar-refractivity contribution >= 4 is 27.3 Å². The molecule has 1 amide bonds. The van der Waals surface area contributed by atoms with E-state index >= 15 is 0 Å². The second-order valence-electron chi connectivity index (χ2n) is 8.01. The van der Waals surface area contributed by atoms with Crippen molar-refractivity contribution < 1.29 is 22.7 Å². The fourth-order valence-electron chi connectivity index (χ4n) is 3.60. The number of benzene rings is 2. The second-order valence-corrected chi connectivity index (χ2v) is 9.92. The molecule has 1 aliphatic heterocycles. The summed E-state index contributed by atoms with van der Waals surface area (Å²) >= 11 is 0. The van der Waals surface area contributed by atoms with Crippen LogP contribution in [0.4, 0.5) is 11.4 Å².